The molecule has 1 aromatic rings. The van der Waals surface area contributed by atoms with E-state index in [1.807, 2.05) is 13.0 Å². The van der Waals surface area contributed by atoms with E-state index in [-0.39, 0.29) is 6.10 Å². The predicted molar refractivity (Wildman–Crippen MR) is 64.9 cm³/mol. The molecule has 1 heterocycles. The lowest BCUT2D eigenvalue weighted by Gasteiger charge is -2.24. The number of hydrogen-bond donors (Lipinski definition) is 0. The fraction of sp³-hybridized carbons (Fsp3) is 0.500. The van der Waals surface area contributed by atoms with E-state index < -0.39 is 5.79 Å². The van der Waals surface area contributed by atoms with E-state index in [9.17, 15) is 0 Å². The van der Waals surface area contributed by atoms with Crippen LogP contribution >= 0.6 is 23.2 Å². The summed E-state index contributed by atoms with van der Waals surface area (Å²) in [6, 6.07) is 5.35. The van der Waals surface area contributed by atoms with E-state index >= 15 is 0 Å². The zero-order chi connectivity index (χ0) is 11.8. The first-order chi connectivity index (χ1) is 7.55. The molecule has 1 aromatic carbocycles. The SMILES string of the molecule is CCC1COC(C)(c2ccc(Cl)cc2Cl)O1. The van der Waals surface area contributed by atoms with Crippen molar-refractivity contribution in [3.05, 3.63) is 33.8 Å². The van der Waals surface area contributed by atoms with Gasteiger partial charge in [-0.25, -0.2) is 0 Å². The molecular weight excluding hydrogens is 247 g/mol. The molecule has 0 amide bonds. The highest BCUT2D eigenvalue weighted by molar-refractivity contribution is 6.35. The Kier molecular flexibility index (Phi) is 3.45. The molecule has 1 aliphatic heterocycles. The monoisotopic (exact) mass is 260 g/mol. The van der Waals surface area contributed by atoms with Gasteiger partial charge in [-0.2, -0.15) is 0 Å². The van der Waals surface area contributed by atoms with Gasteiger partial charge in [0.1, 0.15) is 0 Å². The average Bonchev–Trinajstić information content (AvgIpc) is 2.61. The van der Waals surface area contributed by atoms with Crippen LogP contribution in [0.1, 0.15) is 25.8 Å². The normalized spacial score (nSPS) is 29.6. The molecule has 0 saturated carbocycles. The van der Waals surface area contributed by atoms with Gasteiger partial charge in [0, 0.05) is 10.6 Å². The molecule has 1 saturated heterocycles. The van der Waals surface area contributed by atoms with Gasteiger partial charge in [-0.15, -0.1) is 0 Å². The van der Waals surface area contributed by atoms with Crippen molar-refractivity contribution >= 4 is 23.2 Å². The number of rotatable bonds is 2. The Morgan fingerprint density at radius 2 is 2.19 bits per heavy atom. The van der Waals surface area contributed by atoms with E-state index in [1.165, 1.54) is 0 Å². The first-order valence-electron chi connectivity index (χ1n) is 5.32. The summed E-state index contributed by atoms with van der Waals surface area (Å²) >= 11 is 12.0. The third-order valence-electron chi connectivity index (χ3n) is 2.81. The largest absolute Gasteiger partial charge is 0.343 e. The standard InChI is InChI=1S/C12H14Cl2O2/c1-3-9-7-15-12(2,16-9)10-5-4-8(13)6-11(10)14/h4-6,9H,3,7H2,1-2H3. The summed E-state index contributed by atoms with van der Waals surface area (Å²) in [6.45, 7) is 4.56. The molecule has 2 nitrogen and oxygen atoms in total. The smallest absolute Gasteiger partial charge is 0.193 e. The molecule has 1 aliphatic rings. The Labute approximate surface area is 105 Å². The maximum atomic E-state index is 6.15. The minimum atomic E-state index is -0.748. The van der Waals surface area contributed by atoms with Crippen molar-refractivity contribution < 1.29 is 9.47 Å². The molecule has 16 heavy (non-hydrogen) atoms. The lowest BCUT2D eigenvalue weighted by Crippen LogP contribution is -2.24. The van der Waals surface area contributed by atoms with Crippen LogP contribution in [-0.4, -0.2) is 12.7 Å². The summed E-state index contributed by atoms with van der Waals surface area (Å²) in [6.07, 6.45) is 1.07. The zero-order valence-electron chi connectivity index (χ0n) is 9.30. The molecule has 4 heteroatoms. The second-order valence-corrected chi connectivity index (χ2v) is 4.87. The van der Waals surface area contributed by atoms with Gasteiger partial charge in [0.2, 0.25) is 0 Å². The highest BCUT2D eigenvalue weighted by Gasteiger charge is 2.39. The van der Waals surface area contributed by atoms with Gasteiger partial charge in [0.25, 0.3) is 0 Å². The number of ether oxygens (including phenoxy) is 2. The van der Waals surface area contributed by atoms with Crippen LogP contribution in [0.3, 0.4) is 0 Å². The van der Waals surface area contributed by atoms with Crippen molar-refractivity contribution in [2.75, 3.05) is 6.61 Å². The van der Waals surface area contributed by atoms with Crippen LogP contribution in [0.5, 0.6) is 0 Å². The summed E-state index contributed by atoms with van der Waals surface area (Å²) in [7, 11) is 0. The summed E-state index contributed by atoms with van der Waals surface area (Å²) in [5.41, 5.74) is 0.828. The minimum Gasteiger partial charge on any atom is -0.343 e. The highest BCUT2D eigenvalue weighted by atomic mass is 35.5. The van der Waals surface area contributed by atoms with E-state index in [4.69, 9.17) is 32.7 Å². The van der Waals surface area contributed by atoms with Gasteiger partial charge in [-0.05, 0) is 25.5 Å². The first kappa shape index (κ1) is 12.2. The van der Waals surface area contributed by atoms with Crippen LogP contribution in [0.25, 0.3) is 0 Å². The summed E-state index contributed by atoms with van der Waals surface area (Å²) in [4.78, 5) is 0. The van der Waals surface area contributed by atoms with Crippen molar-refractivity contribution in [3.8, 4) is 0 Å². The van der Waals surface area contributed by atoms with Crippen molar-refractivity contribution in [2.45, 2.75) is 32.2 Å². The quantitative estimate of drug-likeness (QED) is 0.801. The third-order valence-corrected chi connectivity index (χ3v) is 3.36. The van der Waals surface area contributed by atoms with Gasteiger partial charge >= 0.3 is 0 Å². The van der Waals surface area contributed by atoms with Gasteiger partial charge in [0.05, 0.1) is 17.7 Å². The lowest BCUT2D eigenvalue weighted by atomic mass is 10.1. The van der Waals surface area contributed by atoms with Crippen LogP contribution in [0.15, 0.2) is 18.2 Å². The maximum absolute atomic E-state index is 6.15. The minimum absolute atomic E-state index is 0.136. The van der Waals surface area contributed by atoms with Crippen LogP contribution in [0, 0.1) is 0 Å². The Hall–Kier alpha value is -0.280. The topological polar surface area (TPSA) is 18.5 Å². The van der Waals surface area contributed by atoms with Crippen molar-refractivity contribution in [1.29, 1.82) is 0 Å². The Balaban J connectivity index is 2.30. The third kappa shape index (κ3) is 2.21. The summed E-state index contributed by atoms with van der Waals surface area (Å²) in [5.74, 6) is -0.748. The summed E-state index contributed by atoms with van der Waals surface area (Å²) < 4.78 is 11.6. The van der Waals surface area contributed by atoms with E-state index in [1.54, 1.807) is 12.1 Å². The molecule has 0 spiro atoms. The summed E-state index contributed by atoms with van der Waals surface area (Å²) in [5, 5.41) is 1.19. The Morgan fingerprint density at radius 1 is 1.44 bits per heavy atom. The van der Waals surface area contributed by atoms with Crippen LogP contribution < -0.4 is 0 Å². The average molecular weight is 261 g/mol. The van der Waals surface area contributed by atoms with Gasteiger partial charge in [0.15, 0.2) is 5.79 Å². The molecule has 2 unspecified atom stereocenters. The van der Waals surface area contributed by atoms with Gasteiger partial charge in [-0.1, -0.05) is 36.2 Å². The molecular formula is C12H14Cl2O2. The van der Waals surface area contributed by atoms with Crippen molar-refractivity contribution in [3.63, 3.8) is 0 Å². The Bertz CT molecular complexity index is 395. The van der Waals surface area contributed by atoms with Crippen LogP contribution in [-0.2, 0) is 15.3 Å². The zero-order valence-corrected chi connectivity index (χ0v) is 10.8. The van der Waals surface area contributed by atoms with Crippen molar-refractivity contribution in [2.24, 2.45) is 0 Å². The fourth-order valence-electron chi connectivity index (χ4n) is 1.84. The van der Waals surface area contributed by atoms with E-state index in [2.05, 4.69) is 6.92 Å². The molecule has 2 atom stereocenters. The molecule has 0 aromatic heterocycles. The number of halogens is 2. The number of benzene rings is 1. The molecule has 0 radical (unpaired) electrons. The number of hydrogen-bond acceptors (Lipinski definition) is 2. The van der Waals surface area contributed by atoms with Gasteiger partial charge in [-0.3, -0.25) is 0 Å². The molecule has 1 fully saturated rings. The van der Waals surface area contributed by atoms with E-state index in [0.29, 0.717) is 16.7 Å². The molecule has 2 rings (SSSR count). The van der Waals surface area contributed by atoms with Gasteiger partial charge < -0.3 is 9.47 Å². The van der Waals surface area contributed by atoms with Crippen LogP contribution in [0.2, 0.25) is 10.0 Å². The molecule has 0 bridgehead atoms. The van der Waals surface area contributed by atoms with E-state index in [0.717, 1.165) is 12.0 Å². The predicted octanol–water partition coefficient (Wildman–Crippen LogP) is 3.99. The molecule has 88 valence electrons. The second-order valence-electron chi connectivity index (χ2n) is 4.03. The Morgan fingerprint density at radius 3 is 2.75 bits per heavy atom. The lowest BCUT2D eigenvalue weighted by molar-refractivity contribution is -0.161. The fourth-order valence-corrected chi connectivity index (χ4v) is 2.42. The highest BCUT2D eigenvalue weighted by Crippen LogP contribution is 2.39. The first-order valence-corrected chi connectivity index (χ1v) is 6.08. The molecule has 0 aliphatic carbocycles. The molecule has 0 N–H and O–H groups in total. The van der Waals surface area contributed by atoms with Crippen LogP contribution in [0.4, 0.5) is 0 Å². The second kappa shape index (κ2) is 4.53. The maximum Gasteiger partial charge on any atom is 0.193 e. The van der Waals surface area contributed by atoms with Crippen molar-refractivity contribution in [1.82, 2.24) is 0 Å².